The fourth-order valence-corrected chi connectivity index (χ4v) is 0. The molecule has 0 amide bonds. The van der Waals surface area contributed by atoms with Crippen LogP contribution in [0, 0.1) is 61.3 Å². The van der Waals surface area contributed by atoms with Crippen molar-refractivity contribution < 1.29 is 73.6 Å². The molecule has 22 heteroatoms. The normalized spacial score (nSPS) is 4.36. The third-order valence-corrected chi connectivity index (χ3v) is 0. The van der Waals surface area contributed by atoms with E-state index in [9.17, 15) is 0 Å². The first-order valence-electron chi connectivity index (χ1n) is 2.19. The third kappa shape index (κ3) is 740. The molecule has 136 valence electrons. The molecule has 0 radical (unpaired) electrons. The van der Waals surface area contributed by atoms with E-state index in [0.29, 0.717) is 0 Å². The largest absolute Gasteiger partial charge is 4.00 e. The van der Waals surface area contributed by atoms with Crippen molar-refractivity contribution >= 4 is 0 Å². The maximum atomic E-state index is 8.25. The summed E-state index contributed by atoms with van der Waals surface area (Å²) in [5.41, 5.74) is 0. The molecular formula is H10HfN4O17. The van der Waals surface area contributed by atoms with Crippen molar-refractivity contribution in [2.75, 3.05) is 0 Å². The molecule has 0 aliphatic rings. The van der Waals surface area contributed by atoms with E-state index >= 15 is 0 Å². The Kier molecular flexibility index (Phi) is 212. The van der Waals surface area contributed by atoms with E-state index in [1.165, 1.54) is 0 Å². The van der Waals surface area contributed by atoms with E-state index in [1.807, 2.05) is 0 Å². The number of rotatable bonds is 0. The second kappa shape index (κ2) is 62.9. The van der Waals surface area contributed by atoms with Crippen LogP contribution in [0.5, 0.6) is 0 Å². The molecule has 0 heterocycles. The number of nitrogens with zero attached hydrogens (tertiary/aromatic N) is 4. The summed E-state index contributed by atoms with van der Waals surface area (Å²) in [5, 5.41) is 59.0. The van der Waals surface area contributed by atoms with Crippen molar-refractivity contribution in [3.63, 3.8) is 0 Å². The van der Waals surface area contributed by atoms with Crippen LogP contribution in [0.15, 0.2) is 0 Å². The molecule has 0 unspecified atom stereocenters. The van der Waals surface area contributed by atoms with Gasteiger partial charge in [-0.15, -0.1) is 0 Å². The van der Waals surface area contributed by atoms with Gasteiger partial charge in [0.05, 0.1) is 20.3 Å². The molecule has 0 aromatic rings. The van der Waals surface area contributed by atoms with E-state index in [-0.39, 0.29) is 53.2 Å². The Morgan fingerprint density at radius 1 is 0.364 bits per heavy atom. The Hall–Kier alpha value is -2.53. The molecule has 0 aliphatic heterocycles. The molecule has 0 spiro atoms. The summed E-state index contributed by atoms with van der Waals surface area (Å²) in [6.07, 6.45) is 0. The molecule has 0 aromatic carbocycles. The molecule has 0 saturated heterocycles. The topological polar surface area (TPSA) is 422 Å². The van der Waals surface area contributed by atoms with Crippen LogP contribution in [0.2, 0.25) is 0 Å². The van der Waals surface area contributed by atoms with Crippen LogP contribution < -0.4 is 0 Å². The van der Waals surface area contributed by atoms with Crippen molar-refractivity contribution in [3.05, 3.63) is 61.3 Å². The summed E-state index contributed by atoms with van der Waals surface area (Å²) >= 11 is 0. The predicted molar refractivity (Wildman–Crippen MR) is 59.5 cm³/mol. The van der Waals surface area contributed by atoms with Gasteiger partial charge >= 0.3 is 25.8 Å². The van der Waals surface area contributed by atoms with Gasteiger partial charge in [0.2, 0.25) is 0 Å². The number of hydrogen-bond donors (Lipinski definition) is 0. The fourth-order valence-electron chi connectivity index (χ4n) is 0. The Balaban J connectivity index is -0.00000001000. The van der Waals surface area contributed by atoms with Crippen LogP contribution in [0.3, 0.4) is 0 Å². The van der Waals surface area contributed by atoms with Gasteiger partial charge in [0.25, 0.3) is 0 Å². The van der Waals surface area contributed by atoms with Crippen molar-refractivity contribution in [2.24, 2.45) is 0 Å². The van der Waals surface area contributed by atoms with E-state index in [2.05, 4.69) is 0 Å². The van der Waals surface area contributed by atoms with Crippen LogP contribution in [0.25, 0.3) is 0 Å². The molecule has 0 rings (SSSR count). The molecule has 0 saturated carbocycles. The smallest absolute Gasteiger partial charge is 0.412 e. The van der Waals surface area contributed by atoms with Crippen molar-refractivity contribution in [1.29, 1.82) is 0 Å². The monoisotopic (exact) mass is 518 g/mol. The second-order valence-electron chi connectivity index (χ2n) is 0.894. The van der Waals surface area contributed by atoms with E-state index in [4.69, 9.17) is 61.3 Å². The molecule has 0 fully saturated rings. The van der Waals surface area contributed by atoms with Crippen molar-refractivity contribution in [1.82, 2.24) is 0 Å². The minimum atomic E-state index is -1.75. The molecule has 10 N–H and O–H groups in total. The van der Waals surface area contributed by atoms with E-state index in [1.54, 1.807) is 0 Å². The predicted octanol–water partition coefficient (Wildman–Crippen LogP) is -5.08. The molecule has 0 bridgehead atoms. The Morgan fingerprint density at radius 3 is 0.364 bits per heavy atom. The average molecular weight is 517 g/mol. The van der Waals surface area contributed by atoms with E-state index in [0.717, 1.165) is 0 Å². The third-order valence-electron chi connectivity index (χ3n) is 0. The van der Waals surface area contributed by atoms with Gasteiger partial charge in [-0.1, -0.05) is 0 Å². The van der Waals surface area contributed by atoms with Crippen molar-refractivity contribution in [3.8, 4) is 0 Å². The second-order valence-corrected chi connectivity index (χ2v) is 0.894. The maximum Gasteiger partial charge on any atom is 4.00 e. The van der Waals surface area contributed by atoms with Crippen LogP contribution in [0.1, 0.15) is 0 Å². The SMILES string of the molecule is O.O.O.O.O.O=[N+]([O-])[O-].O=[N+]([O-])[O-].O=[N+]([O-])[O-].O=[N+]([O-])[O-].[Hf+4]. The summed E-state index contributed by atoms with van der Waals surface area (Å²) in [4.78, 5) is 33.0. The fraction of sp³-hybridized carbons (Fsp3) is 0. The summed E-state index contributed by atoms with van der Waals surface area (Å²) in [5.74, 6) is 0. The molecule has 0 aromatic heterocycles. The van der Waals surface area contributed by atoms with Gasteiger partial charge in [0.1, 0.15) is 0 Å². The van der Waals surface area contributed by atoms with Crippen LogP contribution in [-0.4, -0.2) is 47.7 Å². The zero-order valence-corrected chi connectivity index (χ0v) is 13.3. The minimum Gasteiger partial charge on any atom is -0.412 e. The van der Waals surface area contributed by atoms with Gasteiger partial charge in [-0.05, 0) is 0 Å². The first kappa shape index (κ1) is 74.1. The minimum absolute atomic E-state index is 0. The quantitative estimate of drug-likeness (QED) is 0.166. The first-order valence-corrected chi connectivity index (χ1v) is 2.19. The Bertz CT molecular complexity index is 161. The molecule has 22 heavy (non-hydrogen) atoms. The van der Waals surface area contributed by atoms with Gasteiger partial charge in [-0.2, -0.15) is 0 Å². The summed E-state index contributed by atoms with van der Waals surface area (Å²) in [6, 6.07) is 0. The van der Waals surface area contributed by atoms with Crippen LogP contribution in [0.4, 0.5) is 0 Å². The van der Waals surface area contributed by atoms with Gasteiger partial charge in [-0.3, -0.25) is 0 Å². The van der Waals surface area contributed by atoms with Crippen molar-refractivity contribution in [2.45, 2.75) is 0 Å². The maximum absolute atomic E-state index is 8.25. The van der Waals surface area contributed by atoms with E-state index < -0.39 is 20.3 Å². The number of hydrogen-bond acceptors (Lipinski definition) is 12. The Morgan fingerprint density at radius 2 is 0.364 bits per heavy atom. The average Bonchev–Trinajstić information content (AvgIpc) is 1.76. The van der Waals surface area contributed by atoms with Crippen LogP contribution >= 0.6 is 0 Å². The Labute approximate surface area is 135 Å². The molecule has 21 nitrogen and oxygen atoms in total. The molecule has 0 aliphatic carbocycles. The standard InChI is InChI=1S/Hf.4NO3.5H2O/c;4*2-1(3)4;;;;;/h;;;;;5*1H2/q+4;4*-1;;;;;. The summed E-state index contributed by atoms with van der Waals surface area (Å²) in [6.45, 7) is 0. The first-order chi connectivity index (χ1) is 6.93. The van der Waals surface area contributed by atoms with Gasteiger partial charge in [0, 0.05) is 0 Å². The molecule has 0 atom stereocenters. The zero-order valence-electron chi connectivity index (χ0n) is 9.69. The van der Waals surface area contributed by atoms with Crippen LogP contribution in [-0.2, 0) is 25.8 Å². The zero-order chi connectivity index (χ0) is 14.3. The summed E-state index contributed by atoms with van der Waals surface area (Å²) < 4.78 is 0. The summed E-state index contributed by atoms with van der Waals surface area (Å²) in [7, 11) is 0. The molecular weight excluding hydrogens is 507 g/mol. The van der Waals surface area contributed by atoms with Gasteiger partial charge in [-0.25, -0.2) is 0 Å². The van der Waals surface area contributed by atoms with Gasteiger partial charge < -0.3 is 88.7 Å². The van der Waals surface area contributed by atoms with Gasteiger partial charge in [0.15, 0.2) is 0 Å².